The molecular weight excluding hydrogens is 432 g/mol. The largest absolute Gasteiger partial charge is 0.487 e. The van der Waals surface area contributed by atoms with Crippen LogP contribution in [0, 0.1) is 13.8 Å². The third-order valence-electron chi connectivity index (χ3n) is 5.31. The van der Waals surface area contributed by atoms with Gasteiger partial charge in [0.2, 0.25) is 5.95 Å². The Morgan fingerprint density at radius 2 is 1.71 bits per heavy atom. The molecule has 1 saturated heterocycles. The SMILES string of the molecule is Cc1cc(C)nc(N2CCC(c3nc(COc4ccc(S(C)(=O)=O)cc4)cs3)CC2)n1. The Kier molecular flexibility index (Phi) is 6.24. The van der Waals surface area contributed by atoms with Crippen LogP contribution in [-0.2, 0) is 16.4 Å². The molecule has 0 atom stereocenters. The summed E-state index contributed by atoms with van der Waals surface area (Å²) in [6.45, 7) is 6.22. The molecule has 0 saturated carbocycles. The van der Waals surface area contributed by atoms with E-state index in [0.29, 0.717) is 18.3 Å². The second-order valence-electron chi connectivity index (χ2n) is 7.92. The van der Waals surface area contributed by atoms with Crippen LogP contribution in [0.3, 0.4) is 0 Å². The normalized spacial score (nSPS) is 15.3. The van der Waals surface area contributed by atoms with Gasteiger partial charge in [0.15, 0.2) is 9.84 Å². The fourth-order valence-corrected chi connectivity index (χ4v) is 5.30. The summed E-state index contributed by atoms with van der Waals surface area (Å²) in [6.07, 6.45) is 3.24. The predicted molar refractivity (Wildman–Crippen MR) is 122 cm³/mol. The van der Waals surface area contributed by atoms with E-state index in [2.05, 4.69) is 14.9 Å². The van der Waals surface area contributed by atoms with Gasteiger partial charge in [0, 0.05) is 42.0 Å². The van der Waals surface area contributed by atoms with Gasteiger partial charge >= 0.3 is 0 Å². The lowest BCUT2D eigenvalue weighted by atomic mass is 9.98. The first-order valence-electron chi connectivity index (χ1n) is 10.2. The number of aromatic nitrogens is 3. The van der Waals surface area contributed by atoms with Crippen LogP contribution < -0.4 is 9.64 Å². The highest BCUT2D eigenvalue weighted by Gasteiger charge is 2.24. The van der Waals surface area contributed by atoms with Crippen LogP contribution in [-0.4, -0.2) is 42.7 Å². The van der Waals surface area contributed by atoms with Crippen LogP contribution in [0.5, 0.6) is 5.75 Å². The van der Waals surface area contributed by atoms with Crippen molar-refractivity contribution >= 4 is 27.1 Å². The number of hydrogen-bond acceptors (Lipinski definition) is 8. The van der Waals surface area contributed by atoms with E-state index in [4.69, 9.17) is 9.72 Å². The Hall–Kier alpha value is -2.52. The van der Waals surface area contributed by atoms with Gasteiger partial charge < -0.3 is 9.64 Å². The molecule has 2 aromatic heterocycles. The minimum Gasteiger partial charge on any atom is -0.487 e. The lowest BCUT2D eigenvalue weighted by molar-refractivity contribution is 0.301. The van der Waals surface area contributed by atoms with Crippen LogP contribution >= 0.6 is 11.3 Å². The molecule has 0 amide bonds. The maximum atomic E-state index is 11.5. The van der Waals surface area contributed by atoms with Crippen molar-refractivity contribution in [2.45, 2.75) is 44.1 Å². The summed E-state index contributed by atoms with van der Waals surface area (Å²) in [6, 6.07) is 8.47. The van der Waals surface area contributed by atoms with Crippen LogP contribution in [0.25, 0.3) is 0 Å². The molecule has 9 heteroatoms. The molecule has 1 aromatic carbocycles. The predicted octanol–water partition coefficient (Wildman–Crippen LogP) is 3.92. The molecule has 0 N–H and O–H groups in total. The number of anilines is 1. The molecule has 1 aliphatic rings. The van der Waals surface area contributed by atoms with Crippen molar-refractivity contribution in [2.75, 3.05) is 24.2 Å². The Morgan fingerprint density at radius 3 is 2.32 bits per heavy atom. The molecule has 0 bridgehead atoms. The van der Waals surface area contributed by atoms with E-state index < -0.39 is 9.84 Å². The summed E-state index contributed by atoms with van der Waals surface area (Å²) < 4.78 is 28.9. The molecule has 1 aliphatic heterocycles. The Bertz CT molecular complexity index is 1130. The van der Waals surface area contributed by atoms with Gasteiger partial charge in [-0.3, -0.25) is 0 Å². The average molecular weight is 459 g/mol. The highest BCUT2D eigenvalue weighted by molar-refractivity contribution is 7.90. The zero-order valence-corrected chi connectivity index (χ0v) is 19.5. The number of ether oxygens (including phenoxy) is 1. The van der Waals surface area contributed by atoms with E-state index in [-0.39, 0.29) is 4.90 Å². The molecular formula is C22H26N4O3S2. The van der Waals surface area contributed by atoms with Crippen molar-refractivity contribution in [1.82, 2.24) is 15.0 Å². The molecule has 3 aromatic rings. The van der Waals surface area contributed by atoms with Gasteiger partial charge in [-0.15, -0.1) is 11.3 Å². The number of benzene rings is 1. The summed E-state index contributed by atoms with van der Waals surface area (Å²) in [7, 11) is -3.20. The first kappa shape index (κ1) is 21.7. The maximum absolute atomic E-state index is 11.5. The van der Waals surface area contributed by atoms with Crippen LogP contribution in [0.4, 0.5) is 5.95 Å². The molecule has 164 valence electrons. The molecule has 4 rings (SSSR count). The third kappa shape index (κ3) is 5.40. The molecule has 0 unspecified atom stereocenters. The molecule has 3 heterocycles. The Labute approximate surface area is 187 Å². The number of thiazole rings is 1. The van der Waals surface area contributed by atoms with Gasteiger partial charge in [0.05, 0.1) is 15.6 Å². The Balaban J connectivity index is 1.32. The summed E-state index contributed by atoms with van der Waals surface area (Å²) in [5.74, 6) is 1.89. The van der Waals surface area contributed by atoms with Crippen LogP contribution in [0.1, 0.15) is 40.8 Å². The molecule has 0 aliphatic carbocycles. The van der Waals surface area contributed by atoms with Crippen molar-refractivity contribution in [2.24, 2.45) is 0 Å². The van der Waals surface area contributed by atoms with Crippen molar-refractivity contribution in [3.05, 3.63) is 57.8 Å². The fourth-order valence-electron chi connectivity index (χ4n) is 3.69. The van der Waals surface area contributed by atoms with Crippen molar-refractivity contribution < 1.29 is 13.2 Å². The summed E-state index contributed by atoms with van der Waals surface area (Å²) >= 11 is 1.68. The quantitative estimate of drug-likeness (QED) is 0.553. The van der Waals surface area contributed by atoms with Gasteiger partial charge in [-0.25, -0.2) is 23.4 Å². The highest BCUT2D eigenvalue weighted by atomic mass is 32.2. The summed E-state index contributed by atoms with van der Waals surface area (Å²) in [5.41, 5.74) is 2.90. The zero-order valence-electron chi connectivity index (χ0n) is 17.9. The number of piperidine rings is 1. The van der Waals surface area contributed by atoms with E-state index in [1.165, 1.54) is 6.26 Å². The molecule has 0 radical (unpaired) electrons. The first-order valence-corrected chi connectivity index (χ1v) is 13.0. The van der Waals surface area contributed by atoms with Crippen molar-refractivity contribution in [3.63, 3.8) is 0 Å². The van der Waals surface area contributed by atoms with Crippen LogP contribution in [0.15, 0.2) is 40.6 Å². The monoisotopic (exact) mass is 458 g/mol. The van der Waals surface area contributed by atoms with Gasteiger partial charge in [0.25, 0.3) is 0 Å². The third-order valence-corrected chi connectivity index (χ3v) is 7.49. The van der Waals surface area contributed by atoms with E-state index in [0.717, 1.165) is 54.0 Å². The smallest absolute Gasteiger partial charge is 0.225 e. The second-order valence-corrected chi connectivity index (χ2v) is 10.8. The van der Waals surface area contributed by atoms with Gasteiger partial charge in [-0.05, 0) is 57.0 Å². The lowest BCUT2D eigenvalue weighted by Gasteiger charge is -2.31. The number of rotatable bonds is 6. The van der Waals surface area contributed by atoms with Crippen molar-refractivity contribution in [3.8, 4) is 5.75 Å². The van der Waals surface area contributed by atoms with E-state index in [1.807, 2.05) is 25.3 Å². The fraction of sp³-hybridized carbons (Fsp3) is 0.409. The summed E-state index contributed by atoms with van der Waals surface area (Å²) in [4.78, 5) is 16.5. The number of sulfone groups is 1. The second kappa shape index (κ2) is 8.92. The number of hydrogen-bond donors (Lipinski definition) is 0. The molecule has 0 spiro atoms. The number of aryl methyl sites for hydroxylation is 2. The average Bonchev–Trinajstić information content (AvgIpc) is 3.20. The summed E-state index contributed by atoms with van der Waals surface area (Å²) in [5, 5.41) is 3.19. The lowest BCUT2D eigenvalue weighted by Crippen LogP contribution is -2.34. The number of nitrogens with zero attached hydrogens (tertiary/aromatic N) is 4. The van der Waals surface area contributed by atoms with Crippen LogP contribution in [0.2, 0.25) is 0 Å². The minimum absolute atomic E-state index is 0.286. The van der Waals surface area contributed by atoms with Crippen molar-refractivity contribution in [1.29, 1.82) is 0 Å². The van der Waals surface area contributed by atoms with Gasteiger partial charge in [-0.2, -0.15) is 0 Å². The maximum Gasteiger partial charge on any atom is 0.225 e. The van der Waals surface area contributed by atoms with Gasteiger partial charge in [0.1, 0.15) is 12.4 Å². The standard InChI is InChI=1S/C22H26N4O3S2/c1-15-12-16(2)24-22(23-15)26-10-8-17(9-11-26)21-25-18(14-30-21)13-29-19-4-6-20(7-5-19)31(3,27)28/h4-7,12,14,17H,8-11,13H2,1-3H3. The molecule has 7 nitrogen and oxygen atoms in total. The minimum atomic E-state index is -3.20. The van der Waals surface area contributed by atoms with Gasteiger partial charge in [-0.1, -0.05) is 0 Å². The Morgan fingerprint density at radius 1 is 1.06 bits per heavy atom. The first-order chi connectivity index (χ1) is 14.8. The molecule has 31 heavy (non-hydrogen) atoms. The van der Waals surface area contributed by atoms with E-state index >= 15 is 0 Å². The highest BCUT2D eigenvalue weighted by Crippen LogP contribution is 2.31. The van der Waals surface area contributed by atoms with E-state index in [1.54, 1.807) is 35.6 Å². The zero-order chi connectivity index (χ0) is 22.0. The molecule has 1 fully saturated rings. The van der Waals surface area contributed by atoms with E-state index in [9.17, 15) is 8.42 Å². The topological polar surface area (TPSA) is 85.3 Å².